The molecule has 2 atom stereocenters. The lowest BCUT2D eigenvalue weighted by Crippen LogP contribution is -2.44. The predicted octanol–water partition coefficient (Wildman–Crippen LogP) is 2.56. The largest absolute Gasteiger partial charge is 0.444 e. The van der Waals surface area contributed by atoms with Gasteiger partial charge < -0.3 is 20.0 Å². The molecule has 0 saturated heterocycles. The van der Waals surface area contributed by atoms with Crippen LogP contribution in [0.2, 0.25) is 0 Å². The minimum atomic E-state index is -0.995. The van der Waals surface area contributed by atoms with Crippen molar-refractivity contribution < 1.29 is 19.4 Å². The zero-order valence-corrected chi connectivity index (χ0v) is 15.3. The van der Waals surface area contributed by atoms with Gasteiger partial charge in [-0.1, -0.05) is 12.1 Å². The van der Waals surface area contributed by atoms with Gasteiger partial charge in [0.25, 0.3) is 0 Å². The van der Waals surface area contributed by atoms with Gasteiger partial charge >= 0.3 is 6.09 Å². The highest BCUT2D eigenvalue weighted by Crippen LogP contribution is 2.47. The Balaban J connectivity index is 1.85. The minimum absolute atomic E-state index is 0.112. The number of aliphatic hydroxyl groups is 1. The molecular weight excluding hydrogens is 332 g/mol. The molecular formula is C20H24N2O4. The van der Waals surface area contributed by atoms with Crippen molar-refractivity contribution in [2.24, 2.45) is 5.92 Å². The van der Waals surface area contributed by atoms with E-state index in [0.717, 1.165) is 17.4 Å². The summed E-state index contributed by atoms with van der Waals surface area (Å²) >= 11 is 0. The predicted molar refractivity (Wildman–Crippen MR) is 94.4 cm³/mol. The Hall–Kier alpha value is -2.39. The summed E-state index contributed by atoms with van der Waals surface area (Å²) in [4.78, 5) is 23.2. The quantitative estimate of drug-likeness (QED) is 0.808. The van der Waals surface area contributed by atoms with Crippen molar-refractivity contribution in [3.05, 3.63) is 34.4 Å². The summed E-state index contributed by atoms with van der Waals surface area (Å²) in [6.45, 7) is 5.33. The highest BCUT2D eigenvalue weighted by Gasteiger charge is 2.52. The minimum Gasteiger partial charge on any atom is -0.444 e. The van der Waals surface area contributed by atoms with Crippen molar-refractivity contribution in [3.63, 3.8) is 0 Å². The summed E-state index contributed by atoms with van der Waals surface area (Å²) < 4.78 is 5.29. The fourth-order valence-corrected chi connectivity index (χ4v) is 3.61. The lowest BCUT2D eigenvalue weighted by Gasteiger charge is -2.27. The van der Waals surface area contributed by atoms with E-state index in [1.54, 1.807) is 26.8 Å². The van der Waals surface area contributed by atoms with Crippen LogP contribution in [-0.2, 0) is 22.4 Å². The van der Waals surface area contributed by atoms with Crippen LogP contribution in [0.5, 0.6) is 0 Å². The van der Waals surface area contributed by atoms with Crippen LogP contribution in [0.4, 0.5) is 4.79 Å². The third-order valence-electron chi connectivity index (χ3n) is 5.05. The molecule has 2 aliphatic rings. The molecule has 1 fully saturated rings. The second-order valence-electron chi connectivity index (χ2n) is 8.27. The molecule has 26 heavy (non-hydrogen) atoms. The number of aldehydes is 1. The van der Waals surface area contributed by atoms with Crippen molar-refractivity contribution in [3.8, 4) is 6.07 Å². The second-order valence-corrected chi connectivity index (χ2v) is 8.27. The topological polar surface area (TPSA) is 99.4 Å². The molecule has 1 saturated carbocycles. The van der Waals surface area contributed by atoms with Gasteiger partial charge in [-0.25, -0.2) is 4.79 Å². The van der Waals surface area contributed by atoms with Crippen molar-refractivity contribution >= 4 is 12.4 Å². The lowest BCUT2D eigenvalue weighted by molar-refractivity contribution is -0.110. The average Bonchev–Trinajstić information content (AvgIpc) is 3.20. The first-order chi connectivity index (χ1) is 12.2. The number of hydrogen-bond acceptors (Lipinski definition) is 5. The van der Waals surface area contributed by atoms with Crippen LogP contribution in [0, 0.1) is 17.2 Å². The molecule has 1 aromatic carbocycles. The highest BCUT2D eigenvalue weighted by molar-refractivity contribution is 5.70. The van der Waals surface area contributed by atoms with Gasteiger partial charge in [-0.3, -0.25) is 0 Å². The van der Waals surface area contributed by atoms with Crippen LogP contribution in [0.15, 0.2) is 12.1 Å². The first kappa shape index (κ1) is 18.4. The summed E-state index contributed by atoms with van der Waals surface area (Å²) in [6.07, 6.45) is 1.74. The normalized spacial score (nSPS) is 21.3. The number of hydrogen-bond donors (Lipinski definition) is 2. The molecule has 2 aliphatic carbocycles. The van der Waals surface area contributed by atoms with E-state index in [1.807, 2.05) is 6.07 Å². The average molecular weight is 356 g/mol. The maximum absolute atomic E-state index is 12.1. The molecule has 3 rings (SSSR count). The van der Waals surface area contributed by atoms with Crippen LogP contribution in [-0.4, -0.2) is 28.6 Å². The van der Waals surface area contributed by atoms with Crippen LogP contribution >= 0.6 is 0 Å². The Morgan fingerprint density at radius 3 is 2.65 bits per heavy atom. The number of fused-ring (bicyclic) bond motifs is 1. The summed E-state index contributed by atoms with van der Waals surface area (Å²) in [5.74, 6) is -0.112. The Morgan fingerprint density at radius 1 is 1.42 bits per heavy atom. The van der Waals surface area contributed by atoms with Crippen molar-refractivity contribution in [1.82, 2.24) is 5.32 Å². The van der Waals surface area contributed by atoms with Crippen molar-refractivity contribution in [1.29, 1.82) is 5.26 Å². The van der Waals surface area contributed by atoms with Gasteiger partial charge in [0, 0.05) is 11.5 Å². The van der Waals surface area contributed by atoms with Crippen molar-refractivity contribution in [2.75, 3.05) is 0 Å². The van der Waals surface area contributed by atoms with E-state index in [4.69, 9.17) is 4.74 Å². The Labute approximate surface area is 153 Å². The maximum Gasteiger partial charge on any atom is 0.408 e. The molecule has 6 nitrogen and oxygen atoms in total. The van der Waals surface area contributed by atoms with Gasteiger partial charge in [-0.05, 0) is 57.6 Å². The Morgan fingerprint density at radius 2 is 2.12 bits per heavy atom. The molecule has 2 N–H and O–H groups in total. The van der Waals surface area contributed by atoms with E-state index < -0.39 is 23.3 Å². The fraction of sp³-hybridized carbons (Fsp3) is 0.550. The van der Waals surface area contributed by atoms with Gasteiger partial charge in [-0.2, -0.15) is 5.26 Å². The Bertz CT molecular complexity index is 784. The number of nitrogens with one attached hydrogen (secondary N) is 1. The third kappa shape index (κ3) is 3.45. The van der Waals surface area contributed by atoms with E-state index in [2.05, 4.69) is 11.4 Å². The summed E-state index contributed by atoms with van der Waals surface area (Å²) in [5.41, 5.74) is 1.34. The summed E-state index contributed by atoms with van der Waals surface area (Å²) in [6, 6.07) is 5.81. The van der Waals surface area contributed by atoms with Crippen LogP contribution in [0.25, 0.3) is 0 Å². The van der Waals surface area contributed by atoms with E-state index in [-0.39, 0.29) is 5.92 Å². The monoisotopic (exact) mass is 356 g/mol. The highest BCUT2D eigenvalue weighted by atomic mass is 16.6. The van der Waals surface area contributed by atoms with E-state index in [0.29, 0.717) is 36.8 Å². The van der Waals surface area contributed by atoms with Crippen LogP contribution < -0.4 is 5.32 Å². The van der Waals surface area contributed by atoms with Crippen LogP contribution in [0.3, 0.4) is 0 Å². The number of carbonyl (C=O) groups is 2. The smallest absolute Gasteiger partial charge is 0.408 e. The second kappa shape index (κ2) is 6.40. The van der Waals surface area contributed by atoms with Crippen molar-refractivity contribution in [2.45, 2.75) is 63.7 Å². The number of benzene rings is 1. The summed E-state index contributed by atoms with van der Waals surface area (Å²) in [7, 11) is 0. The Kier molecular flexibility index (Phi) is 4.53. The number of rotatable bonds is 4. The van der Waals surface area contributed by atoms with Gasteiger partial charge in [-0.15, -0.1) is 0 Å². The number of nitriles is 1. The number of nitrogens with zero attached hydrogens (tertiary/aromatic N) is 1. The standard InChI is InChI=1S/C20H24N2O4/c1-19(2,3)26-18(25)22-20(6-7-20)17(24)14-5-4-13-8-12(11-23)9-15(13)16(14)10-21/h4-5,11-12,17,24H,6-9H2,1-3H3,(H,22,25). The molecule has 1 amide bonds. The number of alkyl carbamates (subject to hydrolysis) is 1. The molecule has 6 heteroatoms. The fourth-order valence-electron chi connectivity index (χ4n) is 3.61. The SMILES string of the molecule is CC(C)(C)OC(=O)NC1(C(O)c2ccc3c(c2C#N)CC(C=O)C3)CC1. The summed E-state index contributed by atoms with van der Waals surface area (Å²) in [5, 5.41) is 23.4. The molecule has 0 radical (unpaired) electrons. The lowest BCUT2D eigenvalue weighted by atomic mass is 9.91. The number of amides is 1. The molecule has 2 unspecified atom stereocenters. The zero-order chi connectivity index (χ0) is 19.1. The molecule has 1 aromatic rings. The van der Waals surface area contributed by atoms with Crippen LogP contribution in [0.1, 0.15) is 62.0 Å². The molecule has 0 heterocycles. The first-order valence-corrected chi connectivity index (χ1v) is 8.88. The van der Waals surface area contributed by atoms with Gasteiger partial charge in [0.15, 0.2) is 0 Å². The number of aliphatic hydroxyl groups excluding tert-OH is 1. The third-order valence-corrected chi connectivity index (χ3v) is 5.05. The van der Waals surface area contributed by atoms with Gasteiger partial charge in [0.05, 0.1) is 17.2 Å². The first-order valence-electron chi connectivity index (χ1n) is 8.88. The maximum atomic E-state index is 12.1. The zero-order valence-electron chi connectivity index (χ0n) is 15.3. The molecule has 0 aliphatic heterocycles. The number of ether oxygens (including phenoxy) is 1. The van der Waals surface area contributed by atoms with Gasteiger partial charge in [0.1, 0.15) is 18.0 Å². The van der Waals surface area contributed by atoms with Gasteiger partial charge in [0.2, 0.25) is 0 Å². The van der Waals surface area contributed by atoms with E-state index >= 15 is 0 Å². The molecule has 0 bridgehead atoms. The van der Waals surface area contributed by atoms with E-state index in [9.17, 15) is 20.0 Å². The molecule has 0 aromatic heterocycles. The molecule has 138 valence electrons. The van der Waals surface area contributed by atoms with E-state index in [1.165, 1.54) is 0 Å². The number of carbonyl (C=O) groups excluding carboxylic acids is 2. The molecule has 0 spiro atoms.